The molecule has 27 heavy (non-hydrogen) atoms. The van der Waals surface area contributed by atoms with Gasteiger partial charge < -0.3 is 9.88 Å². The van der Waals surface area contributed by atoms with Gasteiger partial charge in [-0.25, -0.2) is 4.98 Å². The van der Waals surface area contributed by atoms with Crippen molar-refractivity contribution in [1.29, 1.82) is 0 Å². The number of fused-ring (bicyclic) bond motifs is 1. The predicted octanol–water partition coefficient (Wildman–Crippen LogP) is 3.61. The smallest absolute Gasteiger partial charge is 0.272 e. The number of carbonyl (C=O) groups excluding carboxylic acids is 1. The lowest BCUT2D eigenvalue weighted by atomic mass is 10.0. The number of amides is 1. The number of nitrogens with zero attached hydrogens (tertiary/aromatic N) is 2. The monoisotopic (exact) mass is 361 g/mol. The molecule has 0 unspecified atom stereocenters. The van der Waals surface area contributed by atoms with Gasteiger partial charge in [0.1, 0.15) is 5.69 Å². The minimum atomic E-state index is -0.105. The number of aryl methyl sites for hydroxylation is 2. The Morgan fingerprint density at radius 2 is 1.96 bits per heavy atom. The van der Waals surface area contributed by atoms with Crippen molar-refractivity contribution in [2.45, 2.75) is 39.3 Å². The molecule has 1 N–H and O–H groups in total. The van der Waals surface area contributed by atoms with Crippen LogP contribution in [0.4, 0.5) is 0 Å². The third-order valence-electron chi connectivity index (χ3n) is 5.23. The van der Waals surface area contributed by atoms with E-state index in [1.165, 1.54) is 0 Å². The van der Waals surface area contributed by atoms with Gasteiger partial charge >= 0.3 is 0 Å². The summed E-state index contributed by atoms with van der Waals surface area (Å²) in [6.45, 7) is 4.21. The van der Waals surface area contributed by atoms with E-state index in [2.05, 4.69) is 22.4 Å². The van der Waals surface area contributed by atoms with E-state index in [0.29, 0.717) is 29.2 Å². The fraction of sp³-hybridized carbons (Fsp3) is 0.318. The molecule has 1 fully saturated rings. The zero-order chi connectivity index (χ0) is 19.0. The van der Waals surface area contributed by atoms with Crippen LogP contribution in [0.15, 0.2) is 53.3 Å². The Morgan fingerprint density at radius 1 is 1.22 bits per heavy atom. The third kappa shape index (κ3) is 3.37. The molecule has 138 valence electrons. The van der Waals surface area contributed by atoms with E-state index >= 15 is 0 Å². The Labute approximate surface area is 158 Å². The zero-order valence-corrected chi connectivity index (χ0v) is 15.6. The fourth-order valence-corrected chi connectivity index (χ4v) is 3.62. The lowest BCUT2D eigenvalue weighted by Gasteiger charge is -2.19. The molecule has 1 amide bonds. The lowest BCUT2D eigenvalue weighted by molar-refractivity contribution is 0.0932. The van der Waals surface area contributed by atoms with Gasteiger partial charge in [-0.3, -0.25) is 9.59 Å². The first-order valence-corrected chi connectivity index (χ1v) is 9.45. The first-order valence-electron chi connectivity index (χ1n) is 9.45. The number of rotatable bonds is 5. The van der Waals surface area contributed by atoms with Gasteiger partial charge in [-0.1, -0.05) is 30.3 Å². The van der Waals surface area contributed by atoms with Gasteiger partial charge in [0.05, 0.1) is 17.1 Å². The highest BCUT2D eigenvalue weighted by Crippen LogP contribution is 2.41. The number of hydrogen-bond donors (Lipinski definition) is 1. The molecule has 1 aliphatic rings. The topological polar surface area (TPSA) is 64.0 Å². The van der Waals surface area contributed by atoms with Crippen LogP contribution < -0.4 is 10.9 Å². The summed E-state index contributed by atoms with van der Waals surface area (Å²) in [5.74, 6) is 0.397. The molecule has 1 heterocycles. The second-order valence-electron chi connectivity index (χ2n) is 7.15. The normalized spacial score (nSPS) is 14.9. The standard InChI is InChI=1S/C22H23N3O2/c1-3-25-19-12-11-17(13-18(19)23-14(2)22(25)27)21(26)24-20(16-9-10-16)15-7-5-4-6-8-15/h4-8,11-13,16,20H,3,9-10H2,1-2H3,(H,24,26)/t20-/m0/s1. The summed E-state index contributed by atoms with van der Waals surface area (Å²) in [4.78, 5) is 29.5. The van der Waals surface area contributed by atoms with Gasteiger partial charge in [0.15, 0.2) is 0 Å². The largest absolute Gasteiger partial charge is 0.345 e. The van der Waals surface area contributed by atoms with Gasteiger partial charge in [0.25, 0.3) is 11.5 Å². The molecule has 4 rings (SSSR count). The molecule has 0 spiro atoms. The van der Waals surface area contributed by atoms with Gasteiger partial charge in [0.2, 0.25) is 0 Å². The van der Waals surface area contributed by atoms with Crippen LogP contribution in [-0.2, 0) is 6.54 Å². The Morgan fingerprint density at radius 3 is 2.63 bits per heavy atom. The molecule has 5 heteroatoms. The number of aromatic nitrogens is 2. The molecule has 1 aliphatic carbocycles. The molecule has 0 bridgehead atoms. The van der Waals surface area contributed by atoms with Crippen LogP contribution in [0.3, 0.4) is 0 Å². The molecule has 1 saturated carbocycles. The molecular formula is C22H23N3O2. The lowest BCUT2D eigenvalue weighted by Crippen LogP contribution is -2.30. The molecule has 0 radical (unpaired) electrons. The average molecular weight is 361 g/mol. The maximum absolute atomic E-state index is 12.9. The Kier molecular flexibility index (Phi) is 4.52. The van der Waals surface area contributed by atoms with Crippen molar-refractivity contribution in [2.24, 2.45) is 5.92 Å². The third-order valence-corrected chi connectivity index (χ3v) is 5.23. The van der Waals surface area contributed by atoms with E-state index in [4.69, 9.17) is 0 Å². The zero-order valence-electron chi connectivity index (χ0n) is 15.6. The number of hydrogen-bond acceptors (Lipinski definition) is 3. The summed E-state index contributed by atoms with van der Waals surface area (Å²) >= 11 is 0. The first kappa shape index (κ1) is 17.5. The van der Waals surface area contributed by atoms with Crippen LogP contribution in [0.5, 0.6) is 0 Å². The predicted molar refractivity (Wildman–Crippen MR) is 106 cm³/mol. The first-order chi connectivity index (χ1) is 13.1. The average Bonchev–Trinajstić information content (AvgIpc) is 3.52. The van der Waals surface area contributed by atoms with Crippen LogP contribution in [0.25, 0.3) is 11.0 Å². The van der Waals surface area contributed by atoms with Crippen LogP contribution in [0.2, 0.25) is 0 Å². The van der Waals surface area contributed by atoms with Gasteiger partial charge in [-0.2, -0.15) is 0 Å². The fourth-order valence-electron chi connectivity index (χ4n) is 3.62. The highest BCUT2D eigenvalue weighted by Gasteiger charge is 2.33. The molecule has 1 atom stereocenters. The van der Waals surface area contributed by atoms with E-state index in [9.17, 15) is 9.59 Å². The van der Waals surface area contributed by atoms with E-state index in [-0.39, 0.29) is 17.5 Å². The summed E-state index contributed by atoms with van der Waals surface area (Å²) in [5, 5.41) is 3.20. The minimum absolute atomic E-state index is 0.0358. The Hall–Kier alpha value is -2.95. The molecule has 1 aromatic heterocycles. The van der Waals surface area contributed by atoms with Gasteiger partial charge in [-0.05, 0) is 56.4 Å². The summed E-state index contributed by atoms with van der Waals surface area (Å²) in [6, 6.07) is 15.5. The van der Waals surface area contributed by atoms with Crippen LogP contribution in [-0.4, -0.2) is 15.5 Å². The second kappa shape index (κ2) is 6.99. The van der Waals surface area contributed by atoms with Crippen molar-refractivity contribution in [3.8, 4) is 0 Å². The van der Waals surface area contributed by atoms with Crippen LogP contribution in [0.1, 0.15) is 47.4 Å². The summed E-state index contributed by atoms with van der Waals surface area (Å²) in [5.41, 5.74) is 3.50. The second-order valence-corrected chi connectivity index (χ2v) is 7.15. The van der Waals surface area contributed by atoms with Crippen molar-refractivity contribution in [1.82, 2.24) is 14.9 Å². The van der Waals surface area contributed by atoms with E-state index < -0.39 is 0 Å². The van der Waals surface area contributed by atoms with E-state index in [0.717, 1.165) is 23.9 Å². The van der Waals surface area contributed by atoms with Crippen molar-refractivity contribution < 1.29 is 4.79 Å². The molecular weight excluding hydrogens is 338 g/mol. The summed E-state index contributed by atoms with van der Waals surface area (Å²) in [7, 11) is 0. The molecule has 5 nitrogen and oxygen atoms in total. The van der Waals surface area contributed by atoms with Crippen molar-refractivity contribution in [2.75, 3.05) is 0 Å². The van der Waals surface area contributed by atoms with Crippen molar-refractivity contribution in [3.63, 3.8) is 0 Å². The molecule has 3 aromatic rings. The highest BCUT2D eigenvalue weighted by atomic mass is 16.1. The SMILES string of the molecule is CCn1c(=O)c(C)nc2cc(C(=O)N[C@@H](c3ccccc3)C3CC3)ccc21. The quantitative estimate of drug-likeness (QED) is 0.755. The van der Waals surface area contributed by atoms with E-state index in [1.807, 2.05) is 31.2 Å². The Balaban J connectivity index is 1.66. The Bertz CT molecular complexity index is 1050. The maximum atomic E-state index is 12.9. The van der Waals surface area contributed by atoms with Crippen LogP contribution in [0, 0.1) is 12.8 Å². The van der Waals surface area contributed by atoms with Crippen molar-refractivity contribution in [3.05, 3.63) is 75.7 Å². The summed E-state index contributed by atoms with van der Waals surface area (Å²) < 4.78 is 1.69. The number of carbonyl (C=O) groups is 1. The molecule has 2 aromatic carbocycles. The van der Waals surface area contributed by atoms with Crippen molar-refractivity contribution >= 4 is 16.9 Å². The summed E-state index contributed by atoms with van der Waals surface area (Å²) in [6.07, 6.45) is 2.28. The molecule has 0 aliphatic heterocycles. The number of benzene rings is 2. The minimum Gasteiger partial charge on any atom is -0.345 e. The molecule has 0 saturated heterocycles. The van der Waals surface area contributed by atoms with Crippen LogP contribution >= 0.6 is 0 Å². The van der Waals surface area contributed by atoms with Gasteiger partial charge in [0, 0.05) is 12.1 Å². The number of nitrogens with one attached hydrogen (secondary N) is 1. The maximum Gasteiger partial charge on any atom is 0.272 e. The van der Waals surface area contributed by atoms with E-state index in [1.54, 1.807) is 23.6 Å². The van der Waals surface area contributed by atoms with Gasteiger partial charge in [-0.15, -0.1) is 0 Å². The highest BCUT2D eigenvalue weighted by molar-refractivity contribution is 5.97.